The second-order valence-corrected chi connectivity index (χ2v) is 4.64. The third-order valence-corrected chi connectivity index (χ3v) is 3.31. The van der Waals surface area contributed by atoms with E-state index in [9.17, 15) is 0 Å². The Hall–Kier alpha value is -1.06. The molecule has 1 aliphatic heterocycles. The summed E-state index contributed by atoms with van der Waals surface area (Å²) in [6.45, 7) is 2.07. The zero-order valence-corrected chi connectivity index (χ0v) is 9.83. The van der Waals surface area contributed by atoms with Crippen molar-refractivity contribution in [3.8, 4) is 5.75 Å². The van der Waals surface area contributed by atoms with Gasteiger partial charge in [-0.15, -0.1) is 0 Å². The molecule has 3 N–H and O–H groups in total. The van der Waals surface area contributed by atoms with Gasteiger partial charge in [0.15, 0.2) is 0 Å². The second kappa shape index (κ2) is 4.85. The van der Waals surface area contributed by atoms with Crippen molar-refractivity contribution in [2.24, 2.45) is 5.73 Å². The Labute approximate surface area is 97.0 Å². The van der Waals surface area contributed by atoms with E-state index in [0.717, 1.165) is 38.1 Å². The maximum absolute atomic E-state index is 6.39. The van der Waals surface area contributed by atoms with Gasteiger partial charge in [0.2, 0.25) is 0 Å². The molecule has 0 radical (unpaired) electrons. The summed E-state index contributed by atoms with van der Waals surface area (Å²) >= 11 is 0. The van der Waals surface area contributed by atoms with Gasteiger partial charge in [0.25, 0.3) is 0 Å². The van der Waals surface area contributed by atoms with Gasteiger partial charge in [-0.05, 0) is 50.0 Å². The molecule has 3 nitrogen and oxygen atoms in total. The first kappa shape index (κ1) is 11.4. The van der Waals surface area contributed by atoms with Gasteiger partial charge in [-0.25, -0.2) is 0 Å². The predicted molar refractivity (Wildman–Crippen MR) is 65.7 cm³/mol. The molecule has 0 aromatic heterocycles. The molecule has 0 atom stereocenters. The topological polar surface area (TPSA) is 47.3 Å². The number of nitrogens with two attached hydrogens (primary N) is 1. The van der Waals surface area contributed by atoms with Crippen LogP contribution in [0.5, 0.6) is 5.75 Å². The van der Waals surface area contributed by atoms with Crippen molar-refractivity contribution in [1.29, 1.82) is 0 Å². The van der Waals surface area contributed by atoms with Gasteiger partial charge >= 0.3 is 0 Å². The van der Waals surface area contributed by atoms with Gasteiger partial charge in [0.1, 0.15) is 5.75 Å². The highest BCUT2D eigenvalue weighted by Crippen LogP contribution is 2.22. The van der Waals surface area contributed by atoms with Gasteiger partial charge in [0.05, 0.1) is 7.11 Å². The maximum atomic E-state index is 6.39. The molecular weight excluding hydrogens is 200 g/mol. The molecule has 1 saturated heterocycles. The highest BCUT2D eigenvalue weighted by molar-refractivity contribution is 5.28. The van der Waals surface area contributed by atoms with Crippen LogP contribution in [-0.2, 0) is 6.42 Å². The Kier molecular flexibility index (Phi) is 3.46. The van der Waals surface area contributed by atoms with Crippen LogP contribution in [0.4, 0.5) is 0 Å². The van der Waals surface area contributed by atoms with Crippen LogP contribution in [0.2, 0.25) is 0 Å². The molecule has 1 fully saturated rings. The van der Waals surface area contributed by atoms with Crippen LogP contribution in [0, 0.1) is 0 Å². The van der Waals surface area contributed by atoms with Crippen molar-refractivity contribution >= 4 is 0 Å². The average molecular weight is 220 g/mol. The number of ether oxygens (including phenoxy) is 1. The SMILES string of the molecule is COc1ccc(CC2(N)CCNCC2)cc1. The number of piperidine rings is 1. The number of hydrogen-bond acceptors (Lipinski definition) is 3. The standard InChI is InChI=1S/C13H20N2O/c1-16-12-4-2-11(3-5-12)10-13(14)6-8-15-9-7-13/h2-5,15H,6-10,14H2,1H3. The lowest BCUT2D eigenvalue weighted by molar-refractivity contribution is 0.308. The first-order chi connectivity index (χ1) is 7.72. The molecule has 1 aromatic carbocycles. The minimum Gasteiger partial charge on any atom is -0.497 e. The molecule has 1 aliphatic rings. The van der Waals surface area contributed by atoms with Gasteiger partial charge in [-0.2, -0.15) is 0 Å². The maximum Gasteiger partial charge on any atom is 0.118 e. The molecule has 0 aliphatic carbocycles. The summed E-state index contributed by atoms with van der Waals surface area (Å²) in [6.07, 6.45) is 3.07. The van der Waals surface area contributed by atoms with Crippen LogP contribution in [0.3, 0.4) is 0 Å². The van der Waals surface area contributed by atoms with Crippen molar-refractivity contribution in [3.05, 3.63) is 29.8 Å². The third-order valence-electron chi connectivity index (χ3n) is 3.31. The van der Waals surface area contributed by atoms with Gasteiger partial charge in [-0.3, -0.25) is 0 Å². The Morgan fingerprint density at radius 3 is 2.44 bits per heavy atom. The summed E-state index contributed by atoms with van der Waals surface area (Å²) in [5.41, 5.74) is 7.66. The normalized spacial score (nSPS) is 19.4. The van der Waals surface area contributed by atoms with Gasteiger partial charge in [-0.1, -0.05) is 12.1 Å². The van der Waals surface area contributed by atoms with E-state index in [4.69, 9.17) is 10.5 Å². The van der Waals surface area contributed by atoms with E-state index >= 15 is 0 Å². The first-order valence-corrected chi connectivity index (χ1v) is 5.84. The molecule has 0 bridgehead atoms. The summed E-state index contributed by atoms with van der Waals surface area (Å²) in [5, 5.41) is 3.34. The van der Waals surface area contributed by atoms with E-state index in [-0.39, 0.29) is 5.54 Å². The average Bonchev–Trinajstić information content (AvgIpc) is 2.30. The van der Waals surface area contributed by atoms with Crippen molar-refractivity contribution in [2.75, 3.05) is 20.2 Å². The summed E-state index contributed by atoms with van der Waals surface area (Å²) in [4.78, 5) is 0. The number of methoxy groups -OCH3 is 1. The third kappa shape index (κ3) is 2.74. The van der Waals surface area contributed by atoms with E-state index in [1.54, 1.807) is 7.11 Å². The monoisotopic (exact) mass is 220 g/mol. The van der Waals surface area contributed by atoms with E-state index in [2.05, 4.69) is 17.4 Å². The van der Waals surface area contributed by atoms with Crippen molar-refractivity contribution in [3.63, 3.8) is 0 Å². The minimum atomic E-state index is -0.0279. The molecular formula is C13H20N2O. The fourth-order valence-corrected chi connectivity index (χ4v) is 2.25. The van der Waals surface area contributed by atoms with Crippen LogP contribution >= 0.6 is 0 Å². The van der Waals surface area contributed by atoms with E-state index in [1.807, 2.05) is 12.1 Å². The molecule has 16 heavy (non-hydrogen) atoms. The lowest BCUT2D eigenvalue weighted by Gasteiger charge is -2.34. The number of rotatable bonds is 3. The molecule has 0 unspecified atom stereocenters. The highest BCUT2D eigenvalue weighted by Gasteiger charge is 2.27. The van der Waals surface area contributed by atoms with Crippen molar-refractivity contribution < 1.29 is 4.74 Å². The molecule has 3 heteroatoms. The fourth-order valence-electron chi connectivity index (χ4n) is 2.25. The first-order valence-electron chi connectivity index (χ1n) is 5.84. The quantitative estimate of drug-likeness (QED) is 0.807. The van der Waals surface area contributed by atoms with Crippen molar-refractivity contribution in [2.45, 2.75) is 24.8 Å². The molecule has 0 spiro atoms. The smallest absolute Gasteiger partial charge is 0.118 e. The zero-order chi connectivity index (χ0) is 11.4. The van der Waals surface area contributed by atoms with Crippen LogP contribution in [0.15, 0.2) is 24.3 Å². The zero-order valence-electron chi connectivity index (χ0n) is 9.83. The Morgan fingerprint density at radius 1 is 1.25 bits per heavy atom. The highest BCUT2D eigenvalue weighted by atomic mass is 16.5. The number of hydrogen-bond donors (Lipinski definition) is 2. The molecule has 0 saturated carbocycles. The van der Waals surface area contributed by atoms with Gasteiger partial charge < -0.3 is 15.8 Å². The minimum absolute atomic E-state index is 0.0279. The van der Waals surface area contributed by atoms with Crippen LogP contribution in [-0.4, -0.2) is 25.7 Å². The summed E-state index contributed by atoms with van der Waals surface area (Å²) < 4.78 is 5.14. The Bertz CT molecular complexity index is 328. The fraction of sp³-hybridized carbons (Fsp3) is 0.538. The Balaban J connectivity index is 2.01. The predicted octanol–water partition coefficient (Wildman–Crippen LogP) is 1.32. The molecule has 1 heterocycles. The van der Waals surface area contributed by atoms with Crippen LogP contribution < -0.4 is 15.8 Å². The number of nitrogens with one attached hydrogen (secondary N) is 1. The van der Waals surface area contributed by atoms with Crippen LogP contribution in [0.25, 0.3) is 0 Å². The second-order valence-electron chi connectivity index (χ2n) is 4.64. The number of benzene rings is 1. The largest absolute Gasteiger partial charge is 0.497 e. The van der Waals surface area contributed by atoms with E-state index in [0.29, 0.717) is 0 Å². The molecule has 1 aromatic rings. The Morgan fingerprint density at radius 2 is 1.88 bits per heavy atom. The van der Waals surface area contributed by atoms with Gasteiger partial charge in [0, 0.05) is 5.54 Å². The summed E-state index contributed by atoms with van der Waals surface area (Å²) in [6, 6.07) is 8.21. The van der Waals surface area contributed by atoms with Crippen LogP contribution in [0.1, 0.15) is 18.4 Å². The summed E-state index contributed by atoms with van der Waals surface area (Å²) in [5.74, 6) is 0.903. The van der Waals surface area contributed by atoms with E-state index < -0.39 is 0 Å². The lowest BCUT2D eigenvalue weighted by atomic mass is 9.83. The molecule has 88 valence electrons. The summed E-state index contributed by atoms with van der Waals surface area (Å²) in [7, 11) is 1.69. The molecule has 2 rings (SSSR count). The lowest BCUT2D eigenvalue weighted by Crippen LogP contribution is -2.50. The molecule has 0 amide bonds. The van der Waals surface area contributed by atoms with E-state index in [1.165, 1.54) is 5.56 Å². The van der Waals surface area contributed by atoms with Crippen molar-refractivity contribution in [1.82, 2.24) is 5.32 Å².